The van der Waals surface area contributed by atoms with Crippen LogP contribution in [0.5, 0.6) is 0 Å². The van der Waals surface area contributed by atoms with Gasteiger partial charge < -0.3 is 9.47 Å². The second-order valence-corrected chi connectivity index (χ2v) is 9.22. The Kier molecular flexibility index (Phi) is 5.02. The zero-order chi connectivity index (χ0) is 15.8. The summed E-state index contributed by atoms with van der Waals surface area (Å²) in [7, 11) is 0. The lowest BCUT2D eigenvalue weighted by molar-refractivity contribution is -0.178. The van der Waals surface area contributed by atoms with Gasteiger partial charge in [0.15, 0.2) is 0 Å². The van der Waals surface area contributed by atoms with Crippen LogP contribution in [-0.2, 0) is 9.47 Å². The van der Waals surface area contributed by atoms with Crippen LogP contribution in [0.4, 0.5) is 0 Å². The van der Waals surface area contributed by atoms with Crippen molar-refractivity contribution in [2.45, 2.75) is 77.7 Å². The number of hydrogen-bond donors (Lipinski definition) is 0. The van der Waals surface area contributed by atoms with Crippen molar-refractivity contribution >= 4 is 0 Å². The summed E-state index contributed by atoms with van der Waals surface area (Å²) in [6.07, 6.45) is 13.3. The van der Waals surface area contributed by atoms with Gasteiger partial charge in [0.2, 0.25) is 0 Å². The molecule has 0 aliphatic heterocycles. The minimum Gasteiger partial charge on any atom is -0.355 e. The summed E-state index contributed by atoms with van der Waals surface area (Å²) < 4.78 is 12.3. The minimum absolute atomic E-state index is 0.525. The van der Waals surface area contributed by atoms with E-state index in [-0.39, 0.29) is 0 Å². The van der Waals surface area contributed by atoms with Crippen LogP contribution in [0.3, 0.4) is 0 Å². The molecule has 132 valence electrons. The predicted molar refractivity (Wildman–Crippen MR) is 93.0 cm³/mol. The van der Waals surface area contributed by atoms with E-state index in [1.54, 1.807) is 0 Å². The zero-order valence-corrected chi connectivity index (χ0v) is 15.2. The standard InChI is InChI=1S/C21H36O2/c1-3-14-6-17(4-2)20(7-14)12-22-13-23-21-18-8-15-5-16(10-18)11-19(21)9-15/h14-21H,3-13H2,1-2H3. The molecule has 0 aromatic carbocycles. The van der Waals surface area contributed by atoms with E-state index < -0.39 is 0 Å². The van der Waals surface area contributed by atoms with Gasteiger partial charge in [0.25, 0.3) is 0 Å². The largest absolute Gasteiger partial charge is 0.355 e. The van der Waals surface area contributed by atoms with E-state index in [2.05, 4.69) is 13.8 Å². The summed E-state index contributed by atoms with van der Waals surface area (Å²) in [6.45, 7) is 6.18. The molecule has 5 rings (SSSR count). The molecule has 5 fully saturated rings. The Balaban J connectivity index is 1.20. The Hall–Kier alpha value is -0.0800. The Labute approximate surface area is 142 Å². The first-order valence-corrected chi connectivity index (χ1v) is 10.5. The predicted octanol–water partition coefficient (Wildman–Crippen LogP) is 5.26. The first-order chi connectivity index (χ1) is 11.3. The maximum absolute atomic E-state index is 6.28. The molecular weight excluding hydrogens is 284 g/mol. The molecule has 0 aromatic heterocycles. The van der Waals surface area contributed by atoms with E-state index in [4.69, 9.17) is 9.47 Å². The van der Waals surface area contributed by atoms with Crippen molar-refractivity contribution in [2.75, 3.05) is 13.4 Å². The monoisotopic (exact) mass is 320 g/mol. The summed E-state index contributed by atoms with van der Waals surface area (Å²) in [6, 6.07) is 0. The van der Waals surface area contributed by atoms with Crippen molar-refractivity contribution < 1.29 is 9.47 Å². The maximum atomic E-state index is 6.28. The van der Waals surface area contributed by atoms with Crippen LogP contribution in [0.1, 0.15) is 71.6 Å². The van der Waals surface area contributed by atoms with Gasteiger partial charge in [-0.1, -0.05) is 26.7 Å². The molecule has 0 aromatic rings. The summed E-state index contributed by atoms with van der Waals surface area (Å²) in [4.78, 5) is 0. The van der Waals surface area contributed by atoms with Gasteiger partial charge in [-0.25, -0.2) is 0 Å². The average Bonchev–Trinajstić information content (AvgIpc) is 2.95. The van der Waals surface area contributed by atoms with Crippen molar-refractivity contribution in [3.63, 3.8) is 0 Å². The van der Waals surface area contributed by atoms with Gasteiger partial charge in [-0.3, -0.25) is 0 Å². The Morgan fingerprint density at radius 2 is 1.39 bits per heavy atom. The molecule has 0 heterocycles. The average molecular weight is 321 g/mol. The first kappa shape index (κ1) is 16.4. The number of hydrogen-bond acceptors (Lipinski definition) is 2. The van der Waals surface area contributed by atoms with Gasteiger partial charge in [0.1, 0.15) is 6.79 Å². The molecule has 5 aliphatic carbocycles. The van der Waals surface area contributed by atoms with Gasteiger partial charge in [0.05, 0.1) is 12.7 Å². The van der Waals surface area contributed by atoms with Gasteiger partial charge in [0, 0.05) is 0 Å². The van der Waals surface area contributed by atoms with Crippen LogP contribution < -0.4 is 0 Å². The Morgan fingerprint density at radius 1 is 0.739 bits per heavy atom. The lowest BCUT2D eigenvalue weighted by Crippen LogP contribution is -2.49. The molecular formula is C21H36O2. The fourth-order valence-corrected chi connectivity index (χ4v) is 6.85. The van der Waals surface area contributed by atoms with Crippen LogP contribution in [0, 0.1) is 41.4 Å². The molecule has 23 heavy (non-hydrogen) atoms. The quantitative estimate of drug-likeness (QED) is 0.470. The maximum Gasteiger partial charge on any atom is 0.147 e. The van der Waals surface area contributed by atoms with Gasteiger partial charge in [-0.15, -0.1) is 0 Å². The highest BCUT2D eigenvalue weighted by Gasteiger charge is 2.48. The normalized spacial score (nSPS) is 48.3. The van der Waals surface area contributed by atoms with Crippen molar-refractivity contribution in [2.24, 2.45) is 41.4 Å². The lowest BCUT2D eigenvalue weighted by Gasteiger charge is -2.53. The van der Waals surface area contributed by atoms with Crippen molar-refractivity contribution in [1.82, 2.24) is 0 Å². The van der Waals surface area contributed by atoms with Crippen LogP contribution in [0.15, 0.2) is 0 Å². The SMILES string of the molecule is CCC1CC(CC)C(COCOC2C3CC4CC(C3)CC2C4)C1. The molecule has 0 amide bonds. The summed E-state index contributed by atoms with van der Waals surface area (Å²) in [5.74, 6) is 6.40. The van der Waals surface area contributed by atoms with E-state index in [0.29, 0.717) is 12.9 Å². The smallest absolute Gasteiger partial charge is 0.147 e. The van der Waals surface area contributed by atoms with E-state index in [1.165, 1.54) is 57.8 Å². The second-order valence-electron chi connectivity index (χ2n) is 9.22. The van der Waals surface area contributed by atoms with E-state index in [9.17, 15) is 0 Å². The molecule has 2 nitrogen and oxygen atoms in total. The van der Waals surface area contributed by atoms with E-state index >= 15 is 0 Å². The third kappa shape index (κ3) is 3.35. The van der Waals surface area contributed by atoms with E-state index in [1.807, 2.05) is 0 Å². The van der Waals surface area contributed by atoms with E-state index in [0.717, 1.165) is 48.0 Å². The molecule has 0 spiro atoms. The lowest BCUT2D eigenvalue weighted by atomic mass is 9.55. The highest BCUT2D eigenvalue weighted by Crippen LogP contribution is 2.54. The third-order valence-corrected chi connectivity index (χ3v) is 7.86. The summed E-state index contributed by atoms with van der Waals surface area (Å²) in [5, 5.41) is 0. The van der Waals surface area contributed by atoms with Crippen molar-refractivity contribution in [3.8, 4) is 0 Å². The highest BCUT2D eigenvalue weighted by atomic mass is 16.7. The van der Waals surface area contributed by atoms with Gasteiger partial charge >= 0.3 is 0 Å². The Morgan fingerprint density at radius 3 is 2.00 bits per heavy atom. The van der Waals surface area contributed by atoms with Gasteiger partial charge in [-0.2, -0.15) is 0 Å². The minimum atomic E-state index is 0.525. The van der Waals surface area contributed by atoms with Gasteiger partial charge in [-0.05, 0) is 86.4 Å². The summed E-state index contributed by atoms with van der Waals surface area (Å²) in [5.41, 5.74) is 0. The molecule has 3 unspecified atom stereocenters. The Bertz CT molecular complexity index is 365. The number of rotatable bonds is 7. The van der Waals surface area contributed by atoms with Crippen LogP contribution in [0.25, 0.3) is 0 Å². The van der Waals surface area contributed by atoms with Crippen molar-refractivity contribution in [3.05, 3.63) is 0 Å². The second kappa shape index (κ2) is 7.04. The highest BCUT2D eigenvalue weighted by molar-refractivity contribution is 4.98. The van der Waals surface area contributed by atoms with Crippen LogP contribution >= 0.6 is 0 Å². The third-order valence-electron chi connectivity index (χ3n) is 7.86. The molecule has 3 atom stereocenters. The fraction of sp³-hybridized carbons (Fsp3) is 1.00. The first-order valence-electron chi connectivity index (χ1n) is 10.5. The molecule has 5 saturated carbocycles. The molecule has 5 aliphatic rings. The molecule has 0 saturated heterocycles. The molecule has 0 N–H and O–H groups in total. The topological polar surface area (TPSA) is 18.5 Å². The van der Waals surface area contributed by atoms with Crippen LogP contribution in [0.2, 0.25) is 0 Å². The number of ether oxygens (including phenoxy) is 2. The van der Waals surface area contributed by atoms with Crippen molar-refractivity contribution in [1.29, 1.82) is 0 Å². The molecule has 0 radical (unpaired) electrons. The molecule has 2 heteroatoms. The fourth-order valence-electron chi connectivity index (χ4n) is 6.85. The van der Waals surface area contributed by atoms with Crippen LogP contribution in [-0.4, -0.2) is 19.5 Å². The summed E-state index contributed by atoms with van der Waals surface area (Å²) >= 11 is 0. The molecule has 4 bridgehead atoms. The zero-order valence-electron chi connectivity index (χ0n) is 15.2.